The highest BCUT2D eigenvalue weighted by Gasteiger charge is 2.48. The van der Waals surface area contributed by atoms with Crippen LogP contribution in [0.5, 0.6) is 0 Å². The minimum absolute atomic E-state index is 0.0877. The molecule has 1 aromatic carbocycles. The summed E-state index contributed by atoms with van der Waals surface area (Å²) in [4.78, 5) is 27.8. The number of benzene rings is 1. The maximum atomic E-state index is 13.1. The zero-order valence-electron chi connectivity index (χ0n) is 13.7. The van der Waals surface area contributed by atoms with Crippen molar-refractivity contribution in [3.05, 3.63) is 46.5 Å². The molecular weight excluding hydrogens is 369 g/mol. The molecule has 1 aliphatic carbocycles. The van der Waals surface area contributed by atoms with Gasteiger partial charge in [-0.2, -0.15) is 13.2 Å². The molecule has 3 rings (SSSR count). The molecule has 1 fully saturated rings. The van der Waals surface area contributed by atoms with Gasteiger partial charge in [-0.25, -0.2) is 4.98 Å². The van der Waals surface area contributed by atoms with Crippen molar-refractivity contribution in [2.75, 3.05) is 11.9 Å². The minimum atomic E-state index is -4.47. The molecule has 2 aromatic rings. The third-order valence-corrected chi connectivity index (χ3v) is 4.85. The van der Waals surface area contributed by atoms with Gasteiger partial charge in [0, 0.05) is 5.38 Å². The van der Waals surface area contributed by atoms with E-state index in [1.54, 1.807) is 12.3 Å². The number of aromatic nitrogens is 1. The van der Waals surface area contributed by atoms with Crippen LogP contribution in [-0.2, 0) is 20.5 Å². The summed E-state index contributed by atoms with van der Waals surface area (Å²) in [5.74, 6) is -2.41. The van der Waals surface area contributed by atoms with E-state index >= 15 is 0 Å². The van der Waals surface area contributed by atoms with Gasteiger partial charge in [0.05, 0.1) is 17.2 Å². The molecule has 0 bridgehead atoms. The van der Waals surface area contributed by atoms with Crippen LogP contribution < -0.4 is 5.32 Å². The fraction of sp³-hybridized carbons (Fsp3) is 0.353. The Balaban J connectivity index is 1.54. The Labute approximate surface area is 151 Å². The Morgan fingerprint density at radius 3 is 2.73 bits per heavy atom. The van der Waals surface area contributed by atoms with Crippen molar-refractivity contribution in [2.45, 2.75) is 25.4 Å². The van der Waals surface area contributed by atoms with E-state index < -0.39 is 42.1 Å². The molecular formula is C17H15F3N2O3S. The van der Waals surface area contributed by atoms with Gasteiger partial charge in [0.15, 0.2) is 11.7 Å². The highest BCUT2D eigenvalue weighted by atomic mass is 32.1. The molecule has 0 saturated heterocycles. The summed E-state index contributed by atoms with van der Waals surface area (Å²) in [5, 5.41) is 4.65. The van der Waals surface area contributed by atoms with Crippen molar-refractivity contribution < 1.29 is 27.5 Å². The molecule has 5 nitrogen and oxygen atoms in total. The standard InChI is InChI=1S/C17H15F3N2O3S/c1-9-8-26-16(21-9)22-14(23)7-25-15(24)12-6-11(12)10-4-2-3-5-13(10)17(18,19)20/h2-5,8,11-12H,6-7H2,1H3,(H,21,22,23)/t11-,12+/m1/s1. The molecule has 1 aliphatic rings. The van der Waals surface area contributed by atoms with Crippen LogP contribution in [0.2, 0.25) is 0 Å². The average molecular weight is 384 g/mol. The monoisotopic (exact) mass is 384 g/mol. The molecule has 1 aromatic heterocycles. The maximum Gasteiger partial charge on any atom is 0.416 e. The molecule has 1 amide bonds. The van der Waals surface area contributed by atoms with Gasteiger partial charge in [-0.15, -0.1) is 11.3 Å². The largest absolute Gasteiger partial charge is 0.455 e. The summed E-state index contributed by atoms with van der Waals surface area (Å²) < 4.78 is 44.1. The van der Waals surface area contributed by atoms with E-state index in [2.05, 4.69) is 10.3 Å². The number of nitrogens with zero attached hydrogens (tertiary/aromatic N) is 1. The van der Waals surface area contributed by atoms with Crippen LogP contribution in [-0.4, -0.2) is 23.5 Å². The first-order valence-electron chi connectivity index (χ1n) is 7.80. The van der Waals surface area contributed by atoms with E-state index in [0.29, 0.717) is 5.13 Å². The second-order valence-electron chi connectivity index (χ2n) is 5.98. The van der Waals surface area contributed by atoms with Gasteiger partial charge in [-0.1, -0.05) is 18.2 Å². The highest BCUT2D eigenvalue weighted by Crippen LogP contribution is 2.51. The van der Waals surface area contributed by atoms with Gasteiger partial charge in [-0.05, 0) is 30.9 Å². The van der Waals surface area contributed by atoms with Crippen molar-refractivity contribution in [1.29, 1.82) is 0 Å². The van der Waals surface area contributed by atoms with Crippen LogP contribution in [0.25, 0.3) is 0 Å². The van der Waals surface area contributed by atoms with E-state index in [-0.39, 0.29) is 12.0 Å². The lowest BCUT2D eigenvalue weighted by Crippen LogP contribution is -2.21. The molecule has 2 atom stereocenters. The quantitative estimate of drug-likeness (QED) is 0.797. The van der Waals surface area contributed by atoms with E-state index in [9.17, 15) is 22.8 Å². The minimum Gasteiger partial charge on any atom is -0.455 e. The average Bonchev–Trinajstić information content (AvgIpc) is 3.28. The molecule has 9 heteroatoms. The number of anilines is 1. The predicted octanol–water partition coefficient (Wildman–Crippen LogP) is 3.76. The van der Waals surface area contributed by atoms with Crippen molar-refractivity contribution in [1.82, 2.24) is 4.98 Å². The Morgan fingerprint density at radius 1 is 1.35 bits per heavy atom. The van der Waals surface area contributed by atoms with Crippen LogP contribution in [0.1, 0.15) is 29.2 Å². The summed E-state index contributed by atoms with van der Waals surface area (Å²) >= 11 is 1.24. The topological polar surface area (TPSA) is 68.3 Å². The third-order valence-electron chi connectivity index (χ3n) is 3.97. The first kappa shape index (κ1) is 18.4. The van der Waals surface area contributed by atoms with Crippen molar-refractivity contribution in [2.24, 2.45) is 5.92 Å². The molecule has 138 valence electrons. The fourth-order valence-corrected chi connectivity index (χ4v) is 3.39. The molecule has 26 heavy (non-hydrogen) atoms. The van der Waals surface area contributed by atoms with Gasteiger partial charge in [0.2, 0.25) is 0 Å². The maximum absolute atomic E-state index is 13.1. The smallest absolute Gasteiger partial charge is 0.416 e. The number of aryl methyl sites for hydroxylation is 1. The molecule has 1 heterocycles. The number of hydrogen-bond donors (Lipinski definition) is 1. The lowest BCUT2D eigenvalue weighted by molar-refractivity contribution is -0.149. The number of thiazole rings is 1. The van der Waals surface area contributed by atoms with E-state index in [1.165, 1.54) is 29.5 Å². The van der Waals surface area contributed by atoms with Gasteiger partial charge >= 0.3 is 12.1 Å². The molecule has 0 unspecified atom stereocenters. The molecule has 0 aliphatic heterocycles. The molecule has 0 spiro atoms. The van der Waals surface area contributed by atoms with Gasteiger partial charge < -0.3 is 4.74 Å². The van der Waals surface area contributed by atoms with Crippen molar-refractivity contribution in [3.63, 3.8) is 0 Å². The second-order valence-corrected chi connectivity index (χ2v) is 6.84. The second kappa shape index (κ2) is 7.06. The Hall–Kier alpha value is -2.42. The van der Waals surface area contributed by atoms with Crippen molar-refractivity contribution >= 4 is 28.3 Å². The Kier molecular flexibility index (Phi) is 4.99. The Morgan fingerprint density at radius 2 is 2.08 bits per heavy atom. The number of amides is 1. The number of hydrogen-bond acceptors (Lipinski definition) is 5. The van der Waals surface area contributed by atoms with Crippen LogP contribution in [0.3, 0.4) is 0 Å². The summed E-state index contributed by atoms with van der Waals surface area (Å²) in [6.45, 7) is 1.28. The highest BCUT2D eigenvalue weighted by molar-refractivity contribution is 7.13. The molecule has 1 saturated carbocycles. The SMILES string of the molecule is Cc1csc(NC(=O)COC(=O)[C@H]2C[C@@H]2c2ccccc2C(F)(F)F)n1. The van der Waals surface area contributed by atoms with Gasteiger partial charge in [0.25, 0.3) is 5.91 Å². The lowest BCUT2D eigenvalue weighted by atomic mass is 10.0. The number of rotatable bonds is 5. The zero-order chi connectivity index (χ0) is 18.9. The van der Waals surface area contributed by atoms with E-state index in [4.69, 9.17) is 4.74 Å². The van der Waals surface area contributed by atoms with Crippen LogP contribution in [0.4, 0.5) is 18.3 Å². The number of esters is 1. The normalized spacial score (nSPS) is 19.1. The summed E-state index contributed by atoms with van der Waals surface area (Å²) in [7, 11) is 0. The third kappa shape index (κ3) is 4.21. The number of halogens is 3. The van der Waals surface area contributed by atoms with E-state index in [0.717, 1.165) is 11.8 Å². The fourth-order valence-electron chi connectivity index (χ4n) is 2.69. The lowest BCUT2D eigenvalue weighted by Gasteiger charge is -2.12. The molecule has 0 radical (unpaired) electrons. The number of alkyl halides is 3. The number of carbonyl (C=O) groups is 2. The number of carbonyl (C=O) groups excluding carboxylic acids is 2. The van der Waals surface area contributed by atoms with Crippen LogP contribution >= 0.6 is 11.3 Å². The first-order valence-corrected chi connectivity index (χ1v) is 8.68. The summed E-state index contributed by atoms with van der Waals surface area (Å²) in [6.07, 6.45) is -4.20. The zero-order valence-corrected chi connectivity index (χ0v) is 14.5. The number of ether oxygens (including phenoxy) is 1. The number of nitrogens with one attached hydrogen (secondary N) is 1. The summed E-state index contributed by atoms with van der Waals surface area (Å²) in [6, 6.07) is 5.19. The predicted molar refractivity (Wildman–Crippen MR) is 88.7 cm³/mol. The van der Waals surface area contributed by atoms with Gasteiger partial charge in [-0.3, -0.25) is 14.9 Å². The summed E-state index contributed by atoms with van der Waals surface area (Å²) in [5.41, 5.74) is 0.105. The van der Waals surface area contributed by atoms with Gasteiger partial charge in [0.1, 0.15) is 0 Å². The Bertz CT molecular complexity index is 835. The first-order chi connectivity index (χ1) is 12.3. The van der Waals surface area contributed by atoms with E-state index in [1.807, 2.05) is 0 Å². The van der Waals surface area contributed by atoms with Crippen molar-refractivity contribution in [3.8, 4) is 0 Å². The van der Waals surface area contributed by atoms with Crippen LogP contribution in [0.15, 0.2) is 29.6 Å². The molecule has 1 N–H and O–H groups in total. The van der Waals surface area contributed by atoms with Crippen LogP contribution in [0, 0.1) is 12.8 Å².